The molecule has 76 valence electrons. The molecule has 0 saturated heterocycles. The van der Waals surface area contributed by atoms with Crippen LogP contribution in [0.25, 0.3) is 0 Å². The zero-order chi connectivity index (χ0) is 9.84. The Bertz CT molecular complexity index is 178. The SMILES string of the molecule is CCC(C)CN(CC(=O)O)C1CC1. The quantitative estimate of drug-likeness (QED) is 0.683. The molecule has 0 amide bonds. The fraction of sp³-hybridized carbons (Fsp3) is 0.900. The molecule has 1 aliphatic rings. The summed E-state index contributed by atoms with van der Waals surface area (Å²) in [6.45, 7) is 5.48. The van der Waals surface area contributed by atoms with Crippen molar-refractivity contribution < 1.29 is 9.90 Å². The van der Waals surface area contributed by atoms with E-state index < -0.39 is 5.97 Å². The van der Waals surface area contributed by atoms with Gasteiger partial charge in [-0.15, -0.1) is 0 Å². The maximum atomic E-state index is 10.6. The monoisotopic (exact) mass is 185 g/mol. The minimum absolute atomic E-state index is 0.217. The molecule has 1 saturated carbocycles. The van der Waals surface area contributed by atoms with Crippen molar-refractivity contribution in [2.45, 2.75) is 39.2 Å². The van der Waals surface area contributed by atoms with Crippen LogP contribution in [0.15, 0.2) is 0 Å². The predicted molar refractivity (Wildman–Crippen MR) is 51.7 cm³/mol. The Kier molecular flexibility index (Phi) is 3.72. The average Bonchev–Trinajstić information content (AvgIpc) is 2.84. The first-order valence-electron chi connectivity index (χ1n) is 5.09. The Morgan fingerprint density at radius 3 is 2.62 bits per heavy atom. The van der Waals surface area contributed by atoms with Gasteiger partial charge in [0.25, 0.3) is 0 Å². The van der Waals surface area contributed by atoms with E-state index in [4.69, 9.17) is 5.11 Å². The third-order valence-electron chi connectivity index (χ3n) is 2.64. The second-order valence-corrected chi connectivity index (χ2v) is 4.07. The zero-order valence-corrected chi connectivity index (χ0v) is 8.49. The van der Waals surface area contributed by atoms with Gasteiger partial charge in [0, 0.05) is 12.6 Å². The Morgan fingerprint density at radius 1 is 1.62 bits per heavy atom. The molecular formula is C10H19NO2. The van der Waals surface area contributed by atoms with Crippen LogP contribution in [0.2, 0.25) is 0 Å². The van der Waals surface area contributed by atoms with Gasteiger partial charge in [-0.1, -0.05) is 20.3 Å². The highest BCUT2D eigenvalue weighted by Gasteiger charge is 2.30. The van der Waals surface area contributed by atoms with E-state index in [-0.39, 0.29) is 6.54 Å². The van der Waals surface area contributed by atoms with Gasteiger partial charge in [0.15, 0.2) is 0 Å². The Morgan fingerprint density at radius 2 is 2.23 bits per heavy atom. The molecule has 3 nitrogen and oxygen atoms in total. The van der Waals surface area contributed by atoms with Crippen LogP contribution >= 0.6 is 0 Å². The minimum atomic E-state index is -0.699. The number of carbonyl (C=O) groups is 1. The highest BCUT2D eigenvalue weighted by atomic mass is 16.4. The van der Waals surface area contributed by atoms with Crippen LogP contribution in [-0.2, 0) is 4.79 Å². The lowest BCUT2D eigenvalue weighted by Gasteiger charge is -2.22. The van der Waals surface area contributed by atoms with Crippen LogP contribution in [0, 0.1) is 5.92 Å². The maximum Gasteiger partial charge on any atom is 0.317 e. The van der Waals surface area contributed by atoms with Gasteiger partial charge >= 0.3 is 5.97 Å². The van der Waals surface area contributed by atoms with Crippen LogP contribution in [-0.4, -0.2) is 35.1 Å². The summed E-state index contributed by atoms with van der Waals surface area (Å²) in [5.41, 5.74) is 0. The van der Waals surface area contributed by atoms with E-state index in [0.717, 1.165) is 13.0 Å². The lowest BCUT2D eigenvalue weighted by molar-refractivity contribution is -0.138. The van der Waals surface area contributed by atoms with Crippen LogP contribution in [0.3, 0.4) is 0 Å². The number of hydrogen-bond donors (Lipinski definition) is 1. The summed E-state index contributed by atoms with van der Waals surface area (Å²) in [4.78, 5) is 12.7. The summed E-state index contributed by atoms with van der Waals surface area (Å²) in [7, 11) is 0. The molecule has 0 spiro atoms. The molecule has 0 aromatic heterocycles. The van der Waals surface area contributed by atoms with Crippen molar-refractivity contribution in [1.82, 2.24) is 4.90 Å². The van der Waals surface area contributed by atoms with E-state index in [1.165, 1.54) is 12.8 Å². The van der Waals surface area contributed by atoms with Gasteiger partial charge in [-0.05, 0) is 18.8 Å². The van der Waals surface area contributed by atoms with Crippen LogP contribution in [0.1, 0.15) is 33.1 Å². The number of carboxylic acids is 1. The number of nitrogens with zero attached hydrogens (tertiary/aromatic N) is 1. The number of hydrogen-bond acceptors (Lipinski definition) is 2. The Hall–Kier alpha value is -0.570. The lowest BCUT2D eigenvalue weighted by atomic mass is 10.1. The fourth-order valence-corrected chi connectivity index (χ4v) is 1.49. The van der Waals surface area contributed by atoms with Gasteiger partial charge in [-0.3, -0.25) is 9.69 Å². The van der Waals surface area contributed by atoms with Gasteiger partial charge in [-0.2, -0.15) is 0 Å². The minimum Gasteiger partial charge on any atom is -0.480 e. The van der Waals surface area contributed by atoms with Crippen molar-refractivity contribution in [3.05, 3.63) is 0 Å². The van der Waals surface area contributed by atoms with Crippen LogP contribution < -0.4 is 0 Å². The van der Waals surface area contributed by atoms with E-state index in [1.807, 2.05) is 0 Å². The summed E-state index contributed by atoms with van der Waals surface area (Å²) in [6, 6.07) is 0.560. The number of carboxylic acid groups (broad SMARTS) is 1. The predicted octanol–water partition coefficient (Wildman–Crippen LogP) is 1.58. The number of rotatable bonds is 6. The fourth-order valence-electron chi connectivity index (χ4n) is 1.49. The second kappa shape index (κ2) is 4.61. The standard InChI is InChI=1S/C10H19NO2/c1-3-8(2)6-11(7-10(12)13)9-4-5-9/h8-9H,3-7H2,1-2H3,(H,12,13). The summed E-state index contributed by atoms with van der Waals surface area (Å²) < 4.78 is 0. The van der Waals surface area contributed by atoms with E-state index in [1.54, 1.807) is 0 Å². The molecule has 0 bridgehead atoms. The summed E-state index contributed by atoms with van der Waals surface area (Å²) >= 11 is 0. The van der Waals surface area contributed by atoms with Gasteiger partial charge < -0.3 is 5.11 Å². The largest absolute Gasteiger partial charge is 0.480 e. The molecule has 0 heterocycles. The van der Waals surface area contributed by atoms with Crippen molar-refractivity contribution >= 4 is 5.97 Å². The lowest BCUT2D eigenvalue weighted by Crippen LogP contribution is -2.35. The molecule has 1 N–H and O–H groups in total. The van der Waals surface area contributed by atoms with Crippen LogP contribution in [0.4, 0.5) is 0 Å². The average molecular weight is 185 g/mol. The molecule has 1 atom stereocenters. The number of aliphatic carboxylic acids is 1. The molecule has 0 aromatic carbocycles. The molecule has 1 rings (SSSR count). The molecule has 13 heavy (non-hydrogen) atoms. The third kappa shape index (κ3) is 3.77. The summed E-state index contributed by atoms with van der Waals surface area (Å²) in [6.07, 6.45) is 3.50. The van der Waals surface area contributed by atoms with Crippen molar-refractivity contribution in [3.63, 3.8) is 0 Å². The highest BCUT2D eigenvalue weighted by molar-refractivity contribution is 5.69. The normalized spacial score (nSPS) is 19.0. The van der Waals surface area contributed by atoms with Gasteiger partial charge in [-0.25, -0.2) is 0 Å². The van der Waals surface area contributed by atoms with E-state index in [2.05, 4.69) is 18.7 Å². The van der Waals surface area contributed by atoms with Gasteiger partial charge in [0.2, 0.25) is 0 Å². The van der Waals surface area contributed by atoms with Crippen molar-refractivity contribution in [1.29, 1.82) is 0 Å². The topological polar surface area (TPSA) is 40.5 Å². The third-order valence-corrected chi connectivity index (χ3v) is 2.64. The molecule has 1 fully saturated rings. The summed E-state index contributed by atoms with van der Waals surface area (Å²) in [5, 5.41) is 8.70. The smallest absolute Gasteiger partial charge is 0.317 e. The zero-order valence-electron chi connectivity index (χ0n) is 8.49. The highest BCUT2D eigenvalue weighted by Crippen LogP contribution is 2.27. The Balaban J connectivity index is 2.33. The first-order valence-corrected chi connectivity index (χ1v) is 5.09. The van der Waals surface area contributed by atoms with E-state index in [0.29, 0.717) is 12.0 Å². The maximum absolute atomic E-state index is 10.6. The first-order chi connectivity index (χ1) is 6.13. The van der Waals surface area contributed by atoms with Gasteiger partial charge in [0.05, 0.1) is 6.54 Å². The first kappa shape index (κ1) is 10.5. The molecule has 3 heteroatoms. The molecule has 1 aliphatic carbocycles. The second-order valence-electron chi connectivity index (χ2n) is 4.07. The Labute approximate surface area is 79.7 Å². The molecule has 1 unspecified atom stereocenters. The van der Waals surface area contributed by atoms with Crippen molar-refractivity contribution in [2.75, 3.05) is 13.1 Å². The van der Waals surface area contributed by atoms with Crippen LogP contribution in [0.5, 0.6) is 0 Å². The molecular weight excluding hydrogens is 166 g/mol. The summed E-state index contributed by atoms with van der Waals surface area (Å²) in [5.74, 6) is -0.0878. The van der Waals surface area contributed by atoms with Crippen molar-refractivity contribution in [3.8, 4) is 0 Å². The van der Waals surface area contributed by atoms with Gasteiger partial charge in [0.1, 0.15) is 0 Å². The van der Waals surface area contributed by atoms with E-state index >= 15 is 0 Å². The molecule has 0 radical (unpaired) electrons. The van der Waals surface area contributed by atoms with E-state index in [9.17, 15) is 4.79 Å². The molecule has 0 aliphatic heterocycles. The molecule has 0 aromatic rings. The van der Waals surface area contributed by atoms with Crippen molar-refractivity contribution in [2.24, 2.45) is 5.92 Å².